The molecule has 0 unspecified atom stereocenters. The number of carbonyl (C=O) groups excluding carboxylic acids is 2. The molecule has 4 nitrogen and oxygen atoms in total. The number of halogens is 2. The maximum Gasteiger partial charge on any atom is 0.237 e. The molecule has 0 radical (unpaired) electrons. The Labute approximate surface area is 144 Å². The number of benzene rings is 2. The Morgan fingerprint density at radius 3 is 2.75 bits per heavy atom. The summed E-state index contributed by atoms with van der Waals surface area (Å²) in [4.78, 5) is 24.7. The second kappa shape index (κ2) is 6.61. The number of nitrogens with one attached hydrogen (secondary N) is 2. The molecule has 3 rings (SSSR count). The first-order valence-corrected chi connectivity index (χ1v) is 7.94. The van der Waals surface area contributed by atoms with Gasteiger partial charge in [-0.2, -0.15) is 0 Å². The molecule has 2 aromatic carbocycles. The highest BCUT2D eigenvalue weighted by Crippen LogP contribution is 2.32. The molecule has 1 aliphatic heterocycles. The van der Waals surface area contributed by atoms with E-state index in [1.165, 1.54) is 18.2 Å². The molecular formula is C18H16ClFN2O2. The lowest BCUT2D eigenvalue weighted by Crippen LogP contribution is -2.32. The van der Waals surface area contributed by atoms with E-state index in [4.69, 9.17) is 11.6 Å². The van der Waals surface area contributed by atoms with Gasteiger partial charge in [-0.25, -0.2) is 4.39 Å². The molecule has 0 aliphatic carbocycles. The molecule has 1 saturated heterocycles. The lowest BCUT2D eigenvalue weighted by molar-refractivity contribution is -0.130. The number of amides is 2. The van der Waals surface area contributed by atoms with Gasteiger partial charge in [-0.05, 0) is 36.2 Å². The van der Waals surface area contributed by atoms with Gasteiger partial charge in [0, 0.05) is 17.5 Å². The lowest BCUT2D eigenvalue weighted by atomic mass is 9.87. The molecule has 6 heteroatoms. The van der Waals surface area contributed by atoms with Gasteiger partial charge in [0.15, 0.2) is 0 Å². The van der Waals surface area contributed by atoms with E-state index in [0.29, 0.717) is 11.6 Å². The van der Waals surface area contributed by atoms with E-state index >= 15 is 0 Å². The van der Waals surface area contributed by atoms with Crippen LogP contribution in [-0.2, 0) is 9.59 Å². The van der Waals surface area contributed by atoms with Crippen molar-refractivity contribution < 1.29 is 14.0 Å². The van der Waals surface area contributed by atoms with Crippen LogP contribution in [-0.4, -0.2) is 18.4 Å². The Morgan fingerprint density at radius 1 is 1.29 bits per heavy atom. The predicted octanol–water partition coefficient (Wildman–Crippen LogP) is 3.26. The zero-order valence-corrected chi connectivity index (χ0v) is 13.7. The third kappa shape index (κ3) is 3.12. The van der Waals surface area contributed by atoms with E-state index in [-0.39, 0.29) is 17.5 Å². The van der Waals surface area contributed by atoms with E-state index in [0.717, 1.165) is 11.1 Å². The van der Waals surface area contributed by atoms with Crippen LogP contribution in [0.2, 0.25) is 5.02 Å². The van der Waals surface area contributed by atoms with Gasteiger partial charge in [-0.3, -0.25) is 9.59 Å². The molecule has 24 heavy (non-hydrogen) atoms. The van der Waals surface area contributed by atoms with Crippen molar-refractivity contribution in [3.05, 3.63) is 64.4 Å². The Bertz CT molecular complexity index is 809. The first-order valence-electron chi connectivity index (χ1n) is 7.56. The standard InChI is InChI=1S/C18H16ClFN2O2/c1-10-8-11(6-7-13(10)19)12-9-21-17(23)16(12)18(24)22-15-5-3-2-4-14(15)20/h2-8,12,16H,9H2,1H3,(H,21,23)(H,22,24)/t12-,16-/m1/s1. The van der Waals surface area contributed by atoms with E-state index in [2.05, 4.69) is 10.6 Å². The fourth-order valence-corrected chi connectivity index (χ4v) is 3.02. The van der Waals surface area contributed by atoms with Crippen LogP contribution in [0, 0.1) is 18.7 Å². The van der Waals surface area contributed by atoms with E-state index in [9.17, 15) is 14.0 Å². The summed E-state index contributed by atoms with van der Waals surface area (Å²) in [7, 11) is 0. The Kier molecular flexibility index (Phi) is 4.53. The summed E-state index contributed by atoms with van der Waals surface area (Å²) in [5, 5.41) is 5.84. The number of carbonyl (C=O) groups is 2. The molecule has 0 spiro atoms. The minimum Gasteiger partial charge on any atom is -0.355 e. The molecular weight excluding hydrogens is 331 g/mol. The normalized spacial score (nSPS) is 19.9. The summed E-state index contributed by atoms with van der Waals surface area (Å²) >= 11 is 6.04. The molecule has 2 N–H and O–H groups in total. The highest BCUT2D eigenvalue weighted by atomic mass is 35.5. The smallest absolute Gasteiger partial charge is 0.237 e. The van der Waals surface area contributed by atoms with Gasteiger partial charge in [-0.1, -0.05) is 35.9 Å². The summed E-state index contributed by atoms with van der Waals surface area (Å²) in [6.45, 7) is 2.22. The van der Waals surface area contributed by atoms with Gasteiger partial charge >= 0.3 is 0 Å². The Hall–Kier alpha value is -2.40. The van der Waals surface area contributed by atoms with Gasteiger partial charge < -0.3 is 10.6 Å². The minimum atomic E-state index is -0.912. The Morgan fingerprint density at radius 2 is 2.04 bits per heavy atom. The van der Waals surface area contributed by atoms with Gasteiger partial charge in [0.25, 0.3) is 0 Å². The van der Waals surface area contributed by atoms with Crippen molar-refractivity contribution in [1.82, 2.24) is 5.32 Å². The quantitative estimate of drug-likeness (QED) is 0.838. The fraction of sp³-hybridized carbons (Fsp3) is 0.222. The molecule has 2 amide bonds. The third-order valence-electron chi connectivity index (χ3n) is 4.21. The number of para-hydroxylation sites is 1. The number of rotatable bonds is 3. The lowest BCUT2D eigenvalue weighted by Gasteiger charge is -2.18. The molecule has 1 fully saturated rings. The predicted molar refractivity (Wildman–Crippen MR) is 90.5 cm³/mol. The highest BCUT2D eigenvalue weighted by Gasteiger charge is 2.41. The van der Waals surface area contributed by atoms with Gasteiger partial charge in [0.1, 0.15) is 11.7 Å². The molecule has 2 aromatic rings. The van der Waals surface area contributed by atoms with E-state index in [1.807, 2.05) is 19.1 Å². The van der Waals surface area contributed by atoms with Crippen LogP contribution in [0.3, 0.4) is 0 Å². The van der Waals surface area contributed by atoms with Crippen molar-refractivity contribution in [3.8, 4) is 0 Å². The van der Waals surface area contributed by atoms with Gasteiger partial charge in [0.2, 0.25) is 11.8 Å². The van der Waals surface area contributed by atoms with E-state index < -0.39 is 17.6 Å². The monoisotopic (exact) mass is 346 g/mol. The third-order valence-corrected chi connectivity index (χ3v) is 4.63. The highest BCUT2D eigenvalue weighted by molar-refractivity contribution is 6.31. The van der Waals surface area contributed by atoms with Crippen LogP contribution in [0.15, 0.2) is 42.5 Å². The first kappa shape index (κ1) is 16.5. The number of hydrogen-bond donors (Lipinski definition) is 2. The summed E-state index contributed by atoms with van der Waals surface area (Å²) in [5.41, 5.74) is 1.79. The number of anilines is 1. The summed E-state index contributed by atoms with van der Waals surface area (Å²) in [5.74, 6) is -2.65. The second-order valence-corrected chi connectivity index (χ2v) is 6.21. The molecule has 1 aliphatic rings. The molecule has 124 valence electrons. The SMILES string of the molecule is Cc1cc([C@H]2CNC(=O)[C@@H]2C(=O)Nc2ccccc2F)ccc1Cl. The largest absolute Gasteiger partial charge is 0.355 e. The zero-order chi connectivity index (χ0) is 17.3. The van der Waals surface area contributed by atoms with Crippen molar-refractivity contribution in [1.29, 1.82) is 0 Å². The molecule has 0 saturated carbocycles. The maximum absolute atomic E-state index is 13.7. The summed E-state index contributed by atoms with van der Waals surface area (Å²) in [6.07, 6.45) is 0. The average molecular weight is 347 g/mol. The molecule has 0 aromatic heterocycles. The van der Waals surface area contributed by atoms with Crippen molar-refractivity contribution in [2.24, 2.45) is 5.92 Å². The van der Waals surface area contributed by atoms with Crippen LogP contribution in [0.5, 0.6) is 0 Å². The molecule has 2 atom stereocenters. The Balaban J connectivity index is 1.86. The van der Waals surface area contributed by atoms with Crippen LogP contribution < -0.4 is 10.6 Å². The van der Waals surface area contributed by atoms with Crippen LogP contribution >= 0.6 is 11.6 Å². The number of hydrogen-bond acceptors (Lipinski definition) is 2. The maximum atomic E-state index is 13.7. The zero-order valence-electron chi connectivity index (χ0n) is 13.0. The minimum absolute atomic E-state index is 0.0632. The van der Waals surface area contributed by atoms with Crippen LogP contribution in [0.1, 0.15) is 17.0 Å². The van der Waals surface area contributed by atoms with Crippen LogP contribution in [0.4, 0.5) is 10.1 Å². The molecule has 1 heterocycles. The first-order chi connectivity index (χ1) is 11.5. The van der Waals surface area contributed by atoms with Crippen molar-refractivity contribution >= 4 is 29.1 Å². The molecule has 0 bridgehead atoms. The summed E-state index contributed by atoms with van der Waals surface area (Å²) < 4.78 is 13.7. The van der Waals surface area contributed by atoms with Crippen molar-refractivity contribution in [3.63, 3.8) is 0 Å². The number of aryl methyl sites for hydroxylation is 1. The second-order valence-electron chi connectivity index (χ2n) is 5.81. The van der Waals surface area contributed by atoms with E-state index in [1.54, 1.807) is 12.1 Å². The van der Waals surface area contributed by atoms with Gasteiger partial charge in [0.05, 0.1) is 5.69 Å². The van der Waals surface area contributed by atoms with Gasteiger partial charge in [-0.15, -0.1) is 0 Å². The summed E-state index contributed by atoms with van der Waals surface area (Å²) in [6, 6.07) is 11.3. The van der Waals surface area contributed by atoms with Crippen molar-refractivity contribution in [2.45, 2.75) is 12.8 Å². The topological polar surface area (TPSA) is 58.2 Å². The fourth-order valence-electron chi connectivity index (χ4n) is 2.90. The van der Waals surface area contributed by atoms with Crippen molar-refractivity contribution in [2.75, 3.05) is 11.9 Å². The van der Waals surface area contributed by atoms with Crippen LogP contribution in [0.25, 0.3) is 0 Å². The average Bonchev–Trinajstić information content (AvgIpc) is 2.94.